The Morgan fingerprint density at radius 1 is 1.11 bits per heavy atom. The smallest absolute Gasteiger partial charge is 0.196 e. The summed E-state index contributed by atoms with van der Waals surface area (Å²) in [6.45, 7) is 1.80. The van der Waals surface area contributed by atoms with Gasteiger partial charge in [0.15, 0.2) is 5.78 Å². The monoisotopic (exact) mass is 282 g/mol. The first-order valence-corrected chi connectivity index (χ1v) is 6.01. The third-order valence-electron chi connectivity index (χ3n) is 2.61. The average Bonchev–Trinajstić information content (AvgIpc) is 2.35. The van der Waals surface area contributed by atoms with Crippen molar-refractivity contribution in [3.05, 3.63) is 69.0 Å². The minimum atomic E-state index is -0.508. The van der Waals surface area contributed by atoms with E-state index in [2.05, 4.69) is 0 Å². The molecule has 0 aliphatic carbocycles. The first-order chi connectivity index (χ1) is 8.50. The molecule has 0 aliphatic rings. The summed E-state index contributed by atoms with van der Waals surface area (Å²) in [6.07, 6.45) is 0. The van der Waals surface area contributed by atoms with Gasteiger partial charge in [-0.25, -0.2) is 4.39 Å². The van der Waals surface area contributed by atoms with Gasteiger partial charge in [-0.05, 0) is 36.8 Å². The third-order valence-corrected chi connectivity index (χ3v) is 3.44. The van der Waals surface area contributed by atoms with Gasteiger partial charge in [0.2, 0.25) is 0 Å². The highest BCUT2D eigenvalue weighted by atomic mass is 35.5. The molecule has 92 valence electrons. The molecule has 0 aliphatic heterocycles. The van der Waals surface area contributed by atoms with Gasteiger partial charge in [0, 0.05) is 11.1 Å². The fourth-order valence-corrected chi connectivity index (χ4v) is 2.05. The Labute approximate surface area is 114 Å². The van der Waals surface area contributed by atoms with Gasteiger partial charge in [-0.2, -0.15) is 0 Å². The van der Waals surface area contributed by atoms with E-state index in [0.717, 1.165) is 11.6 Å². The van der Waals surface area contributed by atoms with E-state index in [1.807, 2.05) is 0 Å². The van der Waals surface area contributed by atoms with Gasteiger partial charge in [-0.15, -0.1) is 0 Å². The van der Waals surface area contributed by atoms with Crippen LogP contribution in [0.2, 0.25) is 10.0 Å². The molecule has 0 radical (unpaired) electrons. The number of ketones is 1. The van der Waals surface area contributed by atoms with Gasteiger partial charge in [-0.1, -0.05) is 35.3 Å². The minimum Gasteiger partial charge on any atom is -0.288 e. The lowest BCUT2D eigenvalue weighted by molar-refractivity contribution is 0.103. The second-order valence-corrected chi connectivity index (χ2v) is 4.67. The number of aryl methyl sites for hydroxylation is 1. The van der Waals surface area contributed by atoms with Crippen LogP contribution in [-0.2, 0) is 0 Å². The SMILES string of the molecule is Cc1cccc(C(=O)c2cc(F)ccc2Cl)c1Cl. The molecule has 0 spiro atoms. The quantitative estimate of drug-likeness (QED) is 0.732. The van der Waals surface area contributed by atoms with Gasteiger partial charge in [0.1, 0.15) is 5.82 Å². The van der Waals surface area contributed by atoms with E-state index >= 15 is 0 Å². The molecule has 0 heterocycles. The van der Waals surface area contributed by atoms with Crippen molar-refractivity contribution in [2.45, 2.75) is 6.92 Å². The molecule has 0 fully saturated rings. The molecule has 2 rings (SSSR count). The molecule has 0 saturated carbocycles. The molecule has 0 unspecified atom stereocenters. The maximum Gasteiger partial charge on any atom is 0.196 e. The number of carbonyl (C=O) groups excluding carboxylic acids is 1. The zero-order valence-electron chi connectivity index (χ0n) is 9.51. The Balaban J connectivity index is 2.55. The second kappa shape index (κ2) is 5.09. The van der Waals surface area contributed by atoms with Gasteiger partial charge < -0.3 is 0 Å². The Hall–Kier alpha value is -1.38. The Kier molecular flexibility index (Phi) is 3.69. The fourth-order valence-electron chi connectivity index (χ4n) is 1.64. The zero-order chi connectivity index (χ0) is 13.3. The van der Waals surface area contributed by atoms with Crippen molar-refractivity contribution < 1.29 is 9.18 Å². The largest absolute Gasteiger partial charge is 0.288 e. The molecule has 0 saturated heterocycles. The number of benzene rings is 2. The summed E-state index contributed by atoms with van der Waals surface area (Å²) in [7, 11) is 0. The summed E-state index contributed by atoms with van der Waals surface area (Å²) in [5, 5.41) is 0.571. The summed E-state index contributed by atoms with van der Waals surface area (Å²) in [5.74, 6) is -0.889. The van der Waals surface area contributed by atoms with E-state index in [1.54, 1.807) is 25.1 Å². The molecule has 1 nitrogen and oxygen atoms in total. The van der Waals surface area contributed by atoms with E-state index in [0.29, 0.717) is 10.6 Å². The van der Waals surface area contributed by atoms with Crippen LogP contribution in [-0.4, -0.2) is 5.78 Å². The highest BCUT2D eigenvalue weighted by Gasteiger charge is 2.17. The summed E-state index contributed by atoms with van der Waals surface area (Å²) >= 11 is 12.0. The molecular formula is C14H9Cl2FO. The highest BCUT2D eigenvalue weighted by molar-refractivity contribution is 6.38. The first kappa shape index (κ1) is 13.1. The van der Waals surface area contributed by atoms with Gasteiger partial charge >= 0.3 is 0 Å². The maximum absolute atomic E-state index is 13.2. The van der Waals surface area contributed by atoms with Gasteiger partial charge in [0.25, 0.3) is 0 Å². The number of hydrogen-bond donors (Lipinski definition) is 0. The summed E-state index contributed by atoms with van der Waals surface area (Å²) < 4.78 is 13.2. The molecular weight excluding hydrogens is 274 g/mol. The number of halogens is 3. The van der Waals surface area contributed by atoms with Crippen LogP contribution in [0.25, 0.3) is 0 Å². The molecule has 0 amide bonds. The molecule has 2 aromatic rings. The lowest BCUT2D eigenvalue weighted by Gasteiger charge is -2.07. The van der Waals surface area contributed by atoms with Gasteiger partial charge in [0.05, 0.1) is 10.0 Å². The molecule has 2 aromatic carbocycles. The first-order valence-electron chi connectivity index (χ1n) is 5.25. The topological polar surface area (TPSA) is 17.1 Å². The van der Waals surface area contributed by atoms with Crippen LogP contribution in [0.1, 0.15) is 21.5 Å². The van der Waals surface area contributed by atoms with E-state index in [1.165, 1.54) is 12.1 Å². The lowest BCUT2D eigenvalue weighted by atomic mass is 10.0. The zero-order valence-corrected chi connectivity index (χ0v) is 11.0. The Morgan fingerprint density at radius 2 is 1.83 bits per heavy atom. The normalized spacial score (nSPS) is 10.4. The number of rotatable bonds is 2. The predicted octanol–water partition coefficient (Wildman–Crippen LogP) is 4.67. The van der Waals surface area contributed by atoms with Crippen molar-refractivity contribution in [3.63, 3.8) is 0 Å². The Bertz CT molecular complexity index is 619. The van der Waals surface area contributed by atoms with Crippen LogP contribution in [0.4, 0.5) is 4.39 Å². The summed E-state index contributed by atoms with van der Waals surface area (Å²) in [4.78, 5) is 12.3. The van der Waals surface area contributed by atoms with Crippen LogP contribution in [0.15, 0.2) is 36.4 Å². The van der Waals surface area contributed by atoms with Crippen molar-refractivity contribution in [1.29, 1.82) is 0 Å². The molecule has 0 atom stereocenters. The highest BCUT2D eigenvalue weighted by Crippen LogP contribution is 2.26. The molecule has 0 aromatic heterocycles. The molecule has 0 bridgehead atoms. The average molecular weight is 283 g/mol. The fraction of sp³-hybridized carbons (Fsp3) is 0.0714. The van der Waals surface area contributed by atoms with E-state index in [-0.39, 0.29) is 16.4 Å². The predicted molar refractivity (Wildman–Crippen MR) is 71.0 cm³/mol. The van der Waals surface area contributed by atoms with Gasteiger partial charge in [-0.3, -0.25) is 4.79 Å². The van der Waals surface area contributed by atoms with Crippen molar-refractivity contribution in [2.75, 3.05) is 0 Å². The van der Waals surface area contributed by atoms with Crippen LogP contribution in [0.5, 0.6) is 0 Å². The minimum absolute atomic E-state index is 0.115. The molecule has 4 heteroatoms. The van der Waals surface area contributed by atoms with E-state index < -0.39 is 5.82 Å². The molecule has 18 heavy (non-hydrogen) atoms. The summed E-state index contributed by atoms with van der Waals surface area (Å²) in [6, 6.07) is 8.79. The summed E-state index contributed by atoms with van der Waals surface area (Å²) in [5.41, 5.74) is 1.23. The van der Waals surface area contributed by atoms with Crippen LogP contribution in [0.3, 0.4) is 0 Å². The maximum atomic E-state index is 13.2. The number of carbonyl (C=O) groups is 1. The van der Waals surface area contributed by atoms with Crippen LogP contribution < -0.4 is 0 Å². The van der Waals surface area contributed by atoms with Crippen LogP contribution in [0, 0.1) is 12.7 Å². The van der Waals surface area contributed by atoms with E-state index in [4.69, 9.17) is 23.2 Å². The van der Waals surface area contributed by atoms with Crippen LogP contribution >= 0.6 is 23.2 Å². The second-order valence-electron chi connectivity index (χ2n) is 3.89. The van der Waals surface area contributed by atoms with Crippen molar-refractivity contribution in [2.24, 2.45) is 0 Å². The van der Waals surface area contributed by atoms with Crippen molar-refractivity contribution in [1.82, 2.24) is 0 Å². The standard InChI is InChI=1S/C14H9Cl2FO/c1-8-3-2-4-10(13(8)16)14(18)11-7-9(17)5-6-12(11)15/h2-7H,1H3. The van der Waals surface area contributed by atoms with Crippen molar-refractivity contribution >= 4 is 29.0 Å². The molecule has 0 N–H and O–H groups in total. The van der Waals surface area contributed by atoms with Crippen molar-refractivity contribution in [3.8, 4) is 0 Å². The van der Waals surface area contributed by atoms with E-state index in [9.17, 15) is 9.18 Å². The lowest BCUT2D eigenvalue weighted by Crippen LogP contribution is -2.04. The third kappa shape index (κ3) is 2.40. The Morgan fingerprint density at radius 3 is 2.56 bits per heavy atom. The number of hydrogen-bond acceptors (Lipinski definition) is 1.